The highest BCUT2D eigenvalue weighted by Crippen LogP contribution is 2.26. The van der Waals surface area contributed by atoms with Crippen LogP contribution in [0.5, 0.6) is 0 Å². The molecule has 2 fully saturated rings. The third-order valence-electron chi connectivity index (χ3n) is 4.68. The summed E-state index contributed by atoms with van der Waals surface area (Å²) in [5.74, 6) is 1.18. The number of nitrogens with one attached hydrogen (secondary N) is 1. The van der Waals surface area contributed by atoms with Gasteiger partial charge in [-0.15, -0.1) is 0 Å². The van der Waals surface area contributed by atoms with E-state index in [1.165, 1.54) is 19.3 Å². The fraction of sp³-hybridized carbons (Fsp3) is 0.933. The van der Waals surface area contributed by atoms with Gasteiger partial charge in [-0.1, -0.05) is 6.42 Å². The Hall–Kier alpha value is -0.650. The Labute approximate surface area is 121 Å². The van der Waals surface area contributed by atoms with Crippen LogP contribution < -0.4 is 11.1 Å². The van der Waals surface area contributed by atoms with Gasteiger partial charge in [0.05, 0.1) is 6.54 Å². The van der Waals surface area contributed by atoms with Gasteiger partial charge in [0.15, 0.2) is 0 Å². The Balaban J connectivity index is 1.79. The molecule has 0 bridgehead atoms. The highest BCUT2D eigenvalue weighted by atomic mass is 16.2. The van der Waals surface area contributed by atoms with Crippen molar-refractivity contribution in [2.45, 2.75) is 44.6 Å². The minimum atomic E-state index is -0.245. The van der Waals surface area contributed by atoms with E-state index in [1.54, 1.807) is 0 Å². The minimum Gasteiger partial charge on any atom is -0.396 e. The highest BCUT2D eigenvalue weighted by molar-refractivity contribution is 5.75. The molecule has 20 heavy (non-hydrogen) atoms. The van der Waals surface area contributed by atoms with Crippen molar-refractivity contribution in [3.8, 4) is 0 Å². The molecule has 0 spiro atoms. The maximum Gasteiger partial charge on any atom is 0.231 e. The van der Waals surface area contributed by atoms with Crippen molar-refractivity contribution in [1.82, 2.24) is 10.2 Å². The van der Waals surface area contributed by atoms with Gasteiger partial charge in [0.25, 0.3) is 0 Å². The van der Waals surface area contributed by atoms with Crippen molar-refractivity contribution in [2.24, 2.45) is 17.6 Å². The van der Waals surface area contributed by atoms with Crippen LogP contribution in [0.25, 0.3) is 0 Å². The van der Waals surface area contributed by atoms with Gasteiger partial charge in [-0.2, -0.15) is 0 Å². The van der Waals surface area contributed by atoms with E-state index in [0.29, 0.717) is 18.5 Å². The highest BCUT2D eigenvalue weighted by Gasteiger charge is 2.28. The van der Waals surface area contributed by atoms with Gasteiger partial charge in [-0.05, 0) is 50.5 Å². The molecule has 2 atom stereocenters. The van der Waals surface area contributed by atoms with E-state index in [4.69, 9.17) is 10.8 Å². The number of rotatable bonds is 8. The lowest BCUT2D eigenvalue weighted by Crippen LogP contribution is -2.52. The molecule has 2 rings (SSSR count). The second kappa shape index (κ2) is 7.96. The number of piperidine rings is 1. The third kappa shape index (κ3) is 5.04. The summed E-state index contributed by atoms with van der Waals surface area (Å²) in [6.45, 7) is 3.58. The zero-order chi connectivity index (χ0) is 14.4. The molecule has 5 nitrogen and oxygen atoms in total. The molecular weight excluding hydrogens is 254 g/mol. The van der Waals surface area contributed by atoms with Crippen molar-refractivity contribution in [3.05, 3.63) is 0 Å². The first kappa shape index (κ1) is 15.7. The molecule has 0 aromatic rings. The lowest BCUT2D eigenvalue weighted by Gasteiger charge is -2.39. The maximum atomic E-state index is 11.1. The standard InChI is InChI=1S/C15H29N3O2/c16-15(20)11-18-9-13(5-2-6-19)7-14(10-18)17-8-12-3-1-4-12/h12-14,17,19H,1-11H2,(H2,16,20). The van der Waals surface area contributed by atoms with Crippen LogP contribution in [0.1, 0.15) is 38.5 Å². The number of aliphatic hydroxyl groups excluding tert-OH is 1. The SMILES string of the molecule is NC(=O)CN1CC(CCCO)CC(NCC2CCC2)C1. The first-order valence-corrected chi connectivity index (χ1v) is 8.02. The second-order valence-corrected chi connectivity index (χ2v) is 6.53. The number of hydrogen-bond acceptors (Lipinski definition) is 4. The summed E-state index contributed by atoms with van der Waals surface area (Å²) in [5, 5.41) is 12.7. The number of likely N-dealkylation sites (tertiary alicyclic amines) is 1. The molecule has 1 aliphatic heterocycles. The molecule has 1 saturated carbocycles. The van der Waals surface area contributed by atoms with Gasteiger partial charge in [0.2, 0.25) is 5.91 Å². The molecule has 4 N–H and O–H groups in total. The summed E-state index contributed by atoms with van der Waals surface area (Å²) in [6, 6.07) is 0.465. The molecule has 2 aliphatic rings. The normalized spacial score (nSPS) is 28.2. The van der Waals surface area contributed by atoms with Crippen molar-refractivity contribution >= 4 is 5.91 Å². The summed E-state index contributed by atoms with van der Waals surface area (Å²) >= 11 is 0. The maximum absolute atomic E-state index is 11.1. The lowest BCUT2D eigenvalue weighted by molar-refractivity contribution is -0.119. The Morgan fingerprint density at radius 1 is 1.30 bits per heavy atom. The summed E-state index contributed by atoms with van der Waals surface area (Å²) in [6.07, 6.45) is 7.14. The molecule has 116 valence electrons. The fourth-order valence-corrected chi connectivity index (χ4v) is 3.42. The summed E-state index contributed by atoms with van der Waals surface area (Å²) in [4.78, 5) is 13.3. The van der Waals surface area contributed by atoms with Crippen LogP contribution in [-0.2, 0) is 4.79 Å². The van der Waals surface area contributed by atoms with E-state index in [2.05, 4.69) is 10.2 Å². The Morgan fingerprint density at radius 2 is 2.10 bits per heavy atom. The smallest absolute Gasteiger partial charge is 0.231 e. The lowest BCUT2D eigenvalue weighted by atomic mass is 9.84. The Bertz CT molecular complexity index is 307. The average molecular weight is 283 g/mol. The monoisotopic (exact) mass is 283 g/mol. The van der Waals surface area contributed by atoms with E-state index in [-0.39, 0.29) is 12.5 Å². The van der Waals surface area contributed by atoms with Crippen molar-refractivity contribution < 1.29 is 9.90 Å². The van der Waals surface area contributed by atoms with Gasteiger partial charge in [-0.25, -0.2) is 0 Å². The van der Waals surface area contributed by atoms with Gasteiger partial charge < -0.3 is 16.2 Å². The average Bonchev–Trinajstić information content (AvgIpc) is 2.33. The summed E-state index contributed by atoms with van der Waals surface area (Å²) < 4.78 is 0. The van der Waals surface area contributed by atoms with Crippen LogP contribution in [0.4, 0.5) is 0 Å². The van der Waals surface area contributed by atoms with Crippen LogP contribution in [0.2, 0.25) is 0 Å². The van der Waals surface area contributed by atoms with Crippen LogP contribution in [0.15, 0.2) is 0 Å². The topological polar surface area (TPSA) is 78.6 Å². The molecule has 1 amide bonds. The number of aliphatic hydroxyl groups is 1. The van der Waals surface area contributed by atoms with Crippen LogP contribution >= 0.6 is 0 Å². The number of carbonyl (C=O) groups is 1. The Morgan fingerprint density at radius 3 is 2.70 bits per heavy atom. The first-order valence-electron chi connectivity index (χ1n) is 8.02. The van der Waals surface area contributed by atoms with E-state index >= 15 is 0 Å². The molecule has 5 heteroatoms. The summed E-state index contributed by atoms with van der Waals surface area (Å²) in [5.41, 5.74) is 5.33. The number of amides is 1. The molecule has 2 unspecified atom stereocenters. The number of primary amides is 1. The largest absolute Gasteiger partial charge is 0.396 e. The van der Waals surface area contributed by atoms with E-state index in [1.807, 2.05) is 0 Å². The third-order valence-corrected chi connectivity index (χ3v) is 4.68. The molecule has 1 heterocycles. The Kier molecular flexibility index (Phi) is 6.26. The second-order valence-electron chi connectivity index (χ2n) is 6.53. The molecule has 0 radical (unpaired) electrons. The predicted molar refractivity (Wildman–Crippen MR) is 79.2 cm³/mol. The van der Waals surface area contributed by atoms with E-state index in [0.717, 1.165) is 44.8 Å². The van der Waals surface area contributed by atoms with Crippen LogP contribution in [-0.4, -0.2) is 54.7 Å². The van der Waals surface area contributed by atoms with Crippen molar-refractivity contribution in [3.63, 3.8) is 0 Å². The quantitative estimate of drug-likeness (QED) is 0.599. The van der Waals surface area contributed by atoms with Crippen molar-refractivity contribution in [2.75, 3.05) is 32.8 Å². The minimum absolute atomic E-state index is 0.245. The number of nitrogens with zero attached hydrogens (tertiary/aromatic N) is 1. The van der Waals surface area contributed by atoms with Gasteiger partial charge in [0.1, 0.15) is 0 Å². The predicted octanol–water partition coefficient (Wildman–Crippen LogP) is 0.324. The van der Waals surface area contributed by atoms with E-state index < -0.39 is 0 Å². The van der Waals surface area contributed by atoms with Gasteiger partial charge in [-0.3, -0.25) is 9.69 Å². The number of carbonyl (C=O) groups excluding carboxylic acids is 1. The van der Waals surface area contributed by atoms with Crippen molar-refractivity contribution in [1.29, 1.82) is 0 Å². The number of hydrogen-bond donors (Lipinski definition) is 3. The molecule has 1 aliphatic carbocycles. The molecular formula is C15H29N3O2. The molecule has 1 saturated heterocycles. The van der Waals surface area contributed by atoms with Gasteiger partial charge >= 0.3 is 0 Å². The zero-order valence-corrected chi connectivity index (χ0v) is 12.4. The fourth-order valence-electron chi connectivity index (χ4n) is 3.42. The molecule has 0 aromatic heterocycles. The van der Waals surface area contributed by atoms with Crippen LogP contribution in [0, 0.1) is 11.8 Å². The van der Waals surface area contributed by atoms with Gasteiger partial charge in [0, 0.05) is 25.7 Å². The summed E-state index contributed by atoms with van der Waals surface area (Å²) in [7, 11) is 0. The van der Waals surface area contributed by atoms with E-state index in [9.17, 15) is 4.79 Å². The number of nitrogens with two attached hydrogens (primary N) is 1. The zero-order valence-electron chi connectivity index (χ0n) is 12.4. The van der Waals surface area contributed by atoms with Crippen LogP contribution in [0.3, 0.4) is 0 Å². The molecule has 0 aromatic carbocycles. The first-order chi connectivity index (χ1) is 9.67.